The minimum Gasteiger partial charge on any atom is -0.271 e. The van der Waals surface area contributed by atoms with Crippen LogP contribution in [0.15, 0.2) is 29.1 Å². The van der Waals surface area contributed by atoms with Gasteiger partial charge in [-0.15, -0.1) is 0 Å². The van der Waals surface area contributed by atoms with Crippen molar-refractivity contribution in [2.24, 2.45) is 0 Å². The Morgan fingerprint density at radius 2 is 1.91 bits per heavy atom. The molecule has 2 aromatic rings. The van der Waals surface area contributed by atoms with E-state index in [1.165, 1.54) is 0 Å². The lowest BCUT2D eigenvalue weighted by Gasteiger charge is -2.64. The highest BCUT2D eigenvalue weighted by Gasteiger charge is 2.71. The Kier molecular flexibility index (Phi) is 2.24. The first kappa shape index (κ1) is 12.9. The zero-order valence-corrected chi connectivity index (χ0v) is 12.7. The number of hydrogen-bond acceptors (Lipinski definition) is 2. The largest absolute Gasteiger partial charge is 0.347 e. The Morgan fingerprint density at radius 3 is 2.55 bits per heavy atom. The summed E-state index contributed by atoms with van der Waals surface area (Å²) in [5, 5.41) is 5.21. The van der Waals surface area contributed by atoms with Crippen molar-refractivity contribution in [3.8, 4) is 0 Å². The van der Waals surface area contributed by atoms with Gasteiger partial charge in [0.05, 0.1) is 11.6 Å². The quantitative estimate of drug-likeness (QED) is 0.854. The predicted molar refractivity (Wildman–Crippen MR) is 80.1 cm³/mol. The number of hydrogen-bond donors (Lipinski definition) is 0. The second kappa shape index (κ2) is 3.82. The number of alkyl halides is 1. The van der Waals surface area contributed by atoms with E-state index in [2.05, 4.69) is 5.10 Å². The summed E-state index contributed by atoms with van der Waals surface area (Å²) in [5.74, 6) is 0.822. The Morgan fingerprint density at radius 1 is 1.23 bits per heavy atom. The van der Waals surface area contributed by atoms with Gasteiger partial charge in [-0.2, -0.15) is 5.10 Å². The molecule has 0 radical (unpaired) electrons. The van der Waals surface area contributed by atoms with E-state index in [4.69, 9.17) is 11.6 Å². The Hall–Kier alpha value is -1.62. The first-order valence-electron chi connectivity index (χ1n) is 7.65. The zero-order chi connectivity index (χ0) is 15.1. The van der Waals surface area contributed by atoms with E-state index in [1.807, 2.05) is 24.3 Å². The van der Waals surface area contributed by atoms with Crippen LogP contribution in [0.3, 0.4) is 0 Å². The first-order chi connectivity index (χ1) is 10.5. The van der Waals surface area contributed by atoms with Crippen molar-refractivity contribution in [1.82, 2.24) is 14.3 Å². The molecule has 4 nitrogen and oxygen atoms in total. The highest BCUT2D eigenvalue weighted by Crippen LogP contribution is 2.66. The maximum atomic E-state index is 13.8. The third kappa shape index (κ3) is 1.47. The van der Waals surface area contributed by atoms with Gasteiger partial charge in [0.1, 0.15) is 11.5 Å². The fraction of sp³-hybridized carbons (Fsp3) is 0.500. The van der Waals surface area contributed by atoms with Crippen LogP contribution in [-0.4, -0.2) is 20.0 Å². The Labute approximate surface area is 131 Å². The number of aromatic nitrogens is 3. The van der Waals surface area contributed by atoms with Crippen LogP contribution in [0.4, 0.5) is 4.39 Å². The zero-order valence-electron chi connectivity index (χ0n) is 11.9. The third-order valence-electron chi connectivity index (χ3n) is 5.48. The number of nitrogens with zero attached hydrogens (tertiary/aromatic N) is 3. The van der Waals surface area contributed by atoms with Gasteiger partial charge in [0.25, 0.3) is 0 Å². The Balaban J connectivity index is 1.56. The predicted octanol–water partition coefficient (Wildman–Crippen LogP) is 2.83. The summed E-state index contributed by atoms with van der Waals surface area (Å²) in [5.41, 5.74) is -0.380. The van der Waals surface area contributed by atoms with Crippen LogP contribution >= 0.6 is 11.6 Å². The molecule has 1 aromatic heterocycles. The summed E-state index contributed by atoms with van der Waals surface area (Å²) in [6.45, 7) is 0. The van der Waals surface area contributed by atoms with Gasteiger partial charge in [0, 0.05) is 30.7 Å². The third-order valence-corrected chi connectivity index (χ3v) is 5.73. The van der Waals surface area contributed by atoms with Gasteiger partial charge < -0.3 is 0 Å². The summed E-state index contributed by atoms with van der Waals surface area (Å²) >= 11 is 5.94. The topological polar surface area (TPSA) is 39.8 Å². The van der Waals surface area contributed by atoms with E-state index < -0.39 is 5.67 Å². The molecule has 0 saturated heterocycles. The standard InChI is InChI=1S/C16H15ClFN3O/c17-11-3-1-10(2-4-11)12-5-6-13-19-21(14(22)20(12)13)16-7-15(18,8-16)9-16/h1-4,12H,5-9H2. The highest BCUT2D eigenvalue weighted by atomic mass is 35.5. The molecule has 1 aromatic carbocycles. The molecule has 3 saturated carbocycles. The second-order valence-electron chi connectivity index (χ2n) is 6.99. The maximum Gasteiger partial charge on any atom is 0.347 e. The first-order valence-corrected chi connectivity index (χ1v) is 8.03. The van der Waals surface area contributed by atoms with Crippen molar-refractivity contribution in [3.05, 3.63) is 51.2 Å². The van der Waals surface area contributed by atoms with Gasteiger partial charge >= 0.3 is 5.69 Å². The number of rotatable bonds is 2. The molecule has 114 valence electrons. The molecular weight excluding hydrogens is 305 g/mol. The van der Waals surface area contributed by atoms with Crippen molar-refractivity contribution in [3.63, 3.8) is 0 Å². The molecule has 6 heteroatoms. The summed E-state index contributed by atoms with van der Waals surface area (Å²) < 4.78 is 17.1. The SMILES string of the molecule is O=c1n(C23CC(F)(C2)C3)nc2n1C(c1ccc(Cl)cc1)CC2. The molecule has 0 amide bonds. The molecule has 0 spiro atoms. The van der Waals surface area contributed by atoms with Crippen molar-refractivity contribution in [2.45, 2.75) is 49.4 Å². The monoisotopic (exact) mass is 319 g/mol. The van der Waals surface area contributed by atoms with Crippen LogP contribution < -0.4 is 5.69 Å². The smallest absolute Gasteiger partial charge is 0.271 e. The lowest BCUT2D eigenvalue weighted by atomic mass is 9.47. The van der Waals surface area contributed by atoms with Crippen molar-refractivity contribution in [2.75, 3.05) is 0 Å². The van der Waals surface area contributed by atoms with Gasteiger partial charge in [0.2, 0.25) is 0 Å². The Bertz CT molecular complexity index is 818. The minimum absolute atomic E-state index is 0.0141. The molecule has 4 aliphatic rings. The molecule has 0 N–H and O–H groups in total. The molecule has 1 unspecified atom stereocenters. The number of benzene rings is 1. The summed E-state index contributed by atoms with van der Waals surface area (Å²) in [6, 6.07) is 7.63. The fourth-order valence-electron chi connectivity index (χ4n) is 4.45. The van der Waals surface area contributed by atoms with Crippen LogP contribution in [0, 0.1) is 0 Å². The average molecular weight is 320 g/mol. The van der Waals surface area contributed by atoms with Crippen LogP contribution in [-0.2, 0) is 12.0 Å². The van der Waals surface area contributed by atoms with Gasteiger partial charge in [-0.05, 0) is 24.1 Å². The van der Waals surface area contributed by atoms with E-state index >= 15 is 0 Å². The molecule has 6 rings (SSSR count). The molecule has 1 atom stereocenters. The normalized spacial score (nSPS) is 34.9. The van der Waals surface area contributed by atoms with Gasteiger partial charge in [0.15, 0.2) is 0 Å². The van der Waals surface area contributed by atoms with Crippen molar-refractivity contribution >= 4 is 11.6 Å². The van der Waals surface area contributed by atoms with Gasteiger partial charge in [-0.3, -0.25) is 4.57 Å². The minimum atomic E-state index is -1.02. The van der Waals surface area contributed by atoms with E-state index in [0.717, 1.165) is 24.2 Å². The number of halogens is 2. The average Bonchev–Trinajstić information content (AvgIpc) is 2.97. The van der Waals surface area contributed by atoms with Crippen LogP contribution in [0.2, 0.25) is 5.02 Å². The van der Waals surface area contributed by atoms with E-state index in [0.29, 0.717) is 24.3 Å². The molecule has 22 heavy (non-hydrogen) atoms. The van der Waals surface area contributed by atoms with Crippen LogP contribution in [0.5, 0.6) is 0 Å². The fourth-order valence-corrected chi connectivity index (χ4v) is 4.57. The lowest BCUT2D eigenvalue weighted by molar-refractivity contribution is -0.205. The highest BCUT2D eigenvalue weighted by molar-refractivity contribution is 6.30. The number of aryl methyl sites for hydroxylation is 1. The summed E-state index contributed by atoms with van der Waals surface area (Å²) in [7, 11) is 0. The van der Waals surface area contributed by atoms with Gasteiger partial charge in [-0.1, -0.05) is 23.7 Å². The second-order valence-corrected chi connectivity index (χ2v) is 7.43. The van der Waals surface area contributed by atoms with Crippen LogP contribution in [0.1, 0.15) is 43.1 Å². The maximum absolute atomic E-state index is 13.8. The van der Waals surface area contributed by atoms with E-state index in [1.54, 1.807) is 9.25 Å². The molecule has 3 fully saturated rings. The van der Waals surface area contributed by atoms with E-state index in [-0.39, 0.29) is 17.3 Å². The van der Waals surface area contributed by atoms with Crippen LogP contribution in [0.25, 0.3) is 0 Å². The molecule has 1 aliphatic heterocycles. The van der Waals surface area contributed by atoms with Crippen molar-refractivity contribution in [1.29, 1.82) is 0 Å². The molecule has 2 heterocycles. The lowest BCUT2D eigenvalue weighted by Crippen LogP contribution is -2.72. The molecular formula is C16H15ClFN3O. The summed E-state index contributed by atoms with van der Waals surface area (Å²) in [4.78, 5) is 12.8. The molecule has 2 bridgehead atoms. The van der Waals surface area contributed by atoms with E-state index in [9.17, 15) is 9.18 Å². The van der Waals surface area contributed by atoms with Gasteiger partial charge in [-0.25, -0.2) is 13.9 Å². The van der Waals surface area contributed by atoms with Crippen molar-refractivity contribution < 1.29 is 4.39 Å². The number of fused-ring (bicyclic) bond motifs is 1. The molecule has 3 aliphatic carbocycles. The summed E-state index contributed by atoms with van der Waals surface area (Å²) in [6.07, 6.45) is 3.00.